The number of benzene rings is 1. The van der Waals surface area contributed by atoms with E-state index in [2.05, 4.69) is 38.1 Å². The fourth-order valence-corrected chi connectivity index (χ4v) is 2.07. The monoisotopic (exact) mass is 227 g/mol. The molecule has 1 heteroatoms. The number of allylic oxidation sites excluding steroid dienone is 1. The first-order chi connectivity index (χ1) is 8.33. The number of hydrogen-bond donors (Lipinski definition) is 0. The predicted octanol–water partition coefficient (Wildman–Crippen LogP) is 4.52. The van der Waals surface area contributed by atoms with Gasteiger partial charge in [0.25, 0.3) is 0 Å². The lowest BCUT2D eigenvalue weighted by Gasteiger charge is -2.11. The maximum atomic E-state index is 8.68. The molecule has 0 aliphatic heterocycles. The Bertz CT molecular complexity index is 410. The fourth-order valence-electron chi connectivity index (χ4n) is 2.07. The van der Waals surface area contributed by atoms with Gasteiger partial charge in [-0.2, -0.15) is 5.26 Å². The largest absolute Gasteiger partial charge is 0.193 e. The van der Waals surface area contributed by atoms with Gasteiger partial charge in [-0.3, -0.25) is 0 Å². The summed E-state index contributed by atoms with van der Waals surface area (Å²) >= 11 is 0. The van der Waals surface area contributed by atoms with Gasteiger partial charge in [0, 0.05) is 6.08 Å². The van der Waals surface area contributed by atoms with E-state index in [0.29, 0.717) is 0 Å². The van der Waals surface area contributed by atoms with Gasteiger partial charge < -0.3 is 0 Å². The summed E-state index contributed by atoms with van der Waals surface area (Å²) in [6, 6.07) is 8.59. The van der Waals surface area contributed by atoms with Gasteiger partial charge in [0.05, 0.1) is 6.07 Å². The van der Waals surface area contributed by atoms with Gasteiger partial charge in [0.1, 0.15) is 0 Å². The number of hydrogen-bond acceptors (Lipinski definition) is 1. The van der Waals surface area contributed by atoms with Crippen LogP contribution in [0.5, 0.6) is 0 Å². The van der Waals surface area contributed by atoms with Gasteiger partial charge in [-0.1, -0.05) is 44.9 Å². The second kappa shape index (κ2) is 7.68. The average molecular weight is 227 g/mol. The van der Waals surface area contributed by atoms with E-state index in [0.717, 1.165) is 19.3 Å². The molecule has 0 fully saturated rings. The van der Waals surface area contributed by atoms with Crippen molar-refractivity contribution in [2.24, 2.45) is 0 Å². The molecular formula is C16H21N. The van der Waals surface area contributed by atoms with Crippen molar-refractivity contribution >= 4 is 6.08 Å². The van der Waals surface area contributed by atoms with Crippen LogP contribution in [0.15, 0.2) is 24.3 Å². The Hall–Kier alpha value is -1.55. The zero-order chi connectivity index (χ0) is 12.5. The Kier molecular flexibility index (Phi) is 6.10. The van der Waals surface area contributed by atoms with E-state index in [4.69, 9.17) is 5.26 Å². The van der Waals surface area contributed by atoms with Crippen molar-refractivity contribution in [1.82, 2.24) is 0 Å². The predicted molar refractivity (Wildman–Crippen MR) is 73.7 cm³/mol. The molecule has 0 radical (unpaired) electrons. The van der Waals surface area contributed by atoms with E-state index in [1.165, 1.54) is 29.5 Å². The van der Waals surface area contributed by atoms with Crippen molar-refractivity contribution in [1.29, 1.82) is 5.26 Å². The van der Waals surface area contributed by atoms with Gasteiger partial charge >= 0.3 is 0 Å². The zero-order valence-electron chi connectivity index (χ0n) is 10.9. The molecule has 0 spiro atoms. The van der Waals surface area contributed by atoms with E-state index in [1.54, 1.807) is 6.08 Å². The summed E-state index contributed by atoms with van der Waals surface area (Å²) in [7, 11) is 0. The molecule has 1 nitrogen and oxygen atoms in total. The Morgan fingerprint density at radius 3 is 2.41 bits per heavy atom. The molecule has 1 aromatic carbocycles. The number of aryl methyl sites for hydroxylation is 2. The highest BCUT2D eigenvalue weighted by molar-refractivity contribution is 5.60. The minimum absolute atomic E-state index is 1.09. The number of nitrogens with zero attached hydrogens (tertiary/aromatic N) is 1. The molecule has 0 bridgehead atoms. The van der Waals surface area contributed by atoms with Crippen LogP contribution >= 0.6 is 0 Å². The van der Waals surface area contributed by atoms with Gasteiger partial charge in [-0.05, 0) is 42.0 Å². The van der Waals surface area contributed by atoms with E-state index in [1.807, 2.05) is 6.08 Å². The molecule has 1 aromatic rings. The van der Waals surface area contributed by atoms with Crippen LogP contribution in [0.4, 0.5) is 0 Å². The number of unbranched alkanes of at least 4 members (excludes halogenated alkanes) is 1. The smallest absolute Gasteiger partial charge is 0.0912 e. The average Bonchev–Trinajstić information content (AvgIpc) is 2.35. The molecule has 0 heterocycles. The van der Waals surface area contributed by atoms with Crippen molar-refractivity contribution in [3.8, 4) is 6.07 Å². The van der Waals surface area contributed by atoms with Crippen LogP contribution in [0, 0.1) is 11.3 Å². The summed E-state index contributed by atoms with van der Waals surface area (Å²) in [5.41, 5.74) is 4.02. The first kappa shape index (κ1) is 13.5. The molecule has 0 saturated heterocycles. The normalized spacial score (nSPS) is 10.6. The minimum Gasteiger partial charge on any atom is -0.193 e. The third-order valence-electron chi connectivity index (χ3n) is 2.93. The number of rotatable bonds is 6. The van der Waals surface area contributed by atoms with Crippen LogP contribution in [-0.2, 0) is 12.8 Å². The molecule has 0 saturated carbocycles. The Morgan fingerprint density at radius 1 is 1.12 bits per heavy atom. The van der Waals surface area contributed by atoms with Gasteiger partial charge in [0.15, 0.2) is 0 Å². The second-order valence-corrected chi connectivity index (χ2v) is 4.31. The molecule has 0 aromatic heterocycles. The second-order valence-electron chi connectivity index (χ2n) is 4.31. The Morgan fingerprint density at radius 2 is 1.82 bits per heavy atom. The van der Waals surface area contributed by atoms with Crippen LogP contribution in [-0.4, -0.2) is 0 Å². The molecule has 0 aliphatic rings. The van der Waals surface area contributed by atoms with Crippen molar-refractivity contribution in [2.45, 2.75) is 46.0 Å². The highest BCUT2D eigenvalue weighted by atomic mass is 14.2. The van der Waals surface area contributed by atoms with Crippen LogP contribution in [0.25, 0.3) is 6.08 Å². The summed E-state index contributed by atoms with van der Waals surface area (Å²) in [4.78, 5) is 0. The topological polar surface area (TPSA) is 23.8 Å². The zero-order valence-corrected chi connectivity index (χ0v) is 10.9. The van der Waals surface area contributed by atoms with Crippen molar-refractivity contribution in [2.75, 3.05) is 0 Å². The fraction of sp³-hybridized carbons (Fsp3) is 0.438. The third-order valence-corrected chi connectivity index (χ3v) is 2.93. The van der Waals surface area contributed by atoms with Crippen molar-refractivity contribution in [3.63, 3.8) is 0 Å². The van der Waals surface area contributed by atoms with E-state index >= 15 is 0 Å². The maximum absolute atomic E-state index is 8.68. The molecule has 17 heavy (non-hydrogen) atoms. The van der Waals surface area contributed by atoms with Gasteiger partial charge in [-0.25, -0.2) is 0 Å². The summed E-state index contributed by atoms with van der Waals surface area (Å²) < 4.78 is 0. The lowest BCUT2D eigenvalue weighted by molar-refractivity contribution is 0.791. The van der Waals surface area contributed by atoms with Crippen LogP contribution in [0.3, 0.4) is 0 Å². The summed E-state index contributed by atoms with van der Waals surface area (Å²) in [6.45, 7) is 4.40. The first-order valence-electron chi connectivity index (χ1n) is 6.50. The van der Waals surface area contributed by atoms with E-state index < -0.39 is 0 Å². The molecule has 0 atom stereocenters. The summed E-state index contributed by atoms with van der Waals surface area (Å²) in [6.07, 6.45) is 9.32. The van der Waals surface area contributed by atoms with E-state index in [9.17, 15) is 0 Å². The molecule has 0 N–H and O–H groups in total. The Balaban J connectivity index is 3.05. The van der Waals surface area contributed by atoms with Crippen LogP contribution < -0.4 is 0 Å². The third kappa shape index (κ3) is 4.07. The van der Waals surface area contributed by atoms with Crippen LogP contribution in [0.1, 0.15) is 49.8 Å². The highest BCUT2D eigenvalue weighted by Crippen LogP contribution is 2.20. The lowest BCUT2D eigenvalue weighted by atomic mass is 9.94. The highest BCUT2D eigenvalue weighted by Gasteiger charge is 2.04. The standard InChI is InChI=1S/C16H21N/c1-3-5-9-15-11-6-10-14(8-4-2)16(15)12-7-13-17/h6-7,10-12H,3-5,8-9H2,1-2H3/b12-7+. The molecule has 0 unspecified atom stereocenters. The maximum Gasteiger partial charge on any atom is 0.0912 e. The molecule has 90 valence electrons. The van der Waals surface area contributed by atoms with Crippen molar-refractivity contribution < 1.29 is 0 Å². The molecule has 1 rings (SSSR count). The number of nitriles is 1. The van der Waals surface area contributed by atoms with Crippen molar-refractivity contribution in [3.05, 3.63) is 41.0 Å². The Labute approximate surface area is 105 Å². The summed E-state index contributed by atoms with van der Waals surface area (Å²) in [5.74, 6) is 0. The van der Waals surface area contributed by atoms with E-state index in [-0.39, 0.29) is 0 Å². The molecule has 0 aliphatic carbocycles. The minimum atomic E-state index is 1.09. The van der Waals surface area contributed by atoms with Gasteiger partial charge in [0.2, 0.25) is 0 Å². The first-order valence-corrected chi connectivity index (χ1v) is 6.50. The van der Waals surface area contributed by atoms with Gasteiger partial charge in [-0.15, -0.1) is 0 Å². The lowest BCUT2D eigenvalue weighted by Crippen LogP contribution is -1.96. The quantitative estimate of drug-likeness (QED) is 0.655. The van der Waals surface area contributed by atoms with Crippen LogP contribution in [0.2, 0.25) is 0 Å². The summed E-state index contributed by atoms with van der Waals surface area (Å²) in [5, 5.41) is 8.68. The SMILES string of the molecule is CCCCc1cccc(CCC)c1/C=C/C#N. The molecular weight excluding hydrogens is 206 g/mol. The molecule has 0 amide bonds.